The van der Waals surface area contributed by atoms with Crippen molar-refractivity contribution in [2.75, 3.05) is 26.9 Å². The number of aryl methyl sites for hydroxylation is 1. The number of methoxy groups -OCH3 is 1. The van der Waals surface area contributed by atoms with Gasteiger partial charge in [-0.2, -0.15) is 5.10 Å². The van der Waals surface area contributed by atoms with Crippen molar-refractivity contribution < 1.29 is 9.47 Å². The van der Waals surface area contributed by atoms with E-state index in [1.165, 1.54) is 11.3 Å². The van der Waals surface area contributed by atoms with E-state index in [9.17, 15) is 0 Å². The van der Waals surface area contributed by atoms with E-state index in [1.807, 2.05) is 6.20 Å². The first-order valence-corrected chi connectivity index (χ1v) is 7.07. The van der Waals surface area contributed by atoms with Gasteiger partial charge >= 0.3 is 0 Å². The van der Waals surface area contributed by atoms with Crippen LogP contribution in [-0.2, 0) is 15.1 Å². The molecule has 5 heteroatoms. The molecule has 19 heavy (non-hydrogen) atoms. The maximum Gasteiger partial charge on any atom is 0.113 e. The van der Waals surface area contributed by atoms with E-state index in [2.05, 4.69) is 28.9 Å². The monoisotopic (exact) mass is 265 g/mol. The highest BCUT2D eigenvalue weighted by atomic mass is 16.5. The van der Waals surface area contributed by atoms with Gasteiger partial charge in [-0.1, -0.05) is 0 Å². The molecule has 1 saturated heterocycles. The molecule has 3 atom stereocenters. The third kappa shape index (κ3) is 2.10. The summed E-state index contributed by atoms with van der Waals surface area (Å²) in [6.07, 6.45) is 3.99. The van der Waals surface area contributed by atoms with Crippen LogP contribution in [0.2, 0.25) is 0 Å². The molecule has 1 N–H and O–H groups in total. The first kappa shape index (κ1) is 13.1. The minimum atomic E-state index is -0.157. The van der Waals surface area contributed by atoms with Crippen LogP contribution in [0.25, 0.3) is 0 Å². The second-order valence-electron chi connectivity index (χ2n) is 5.84. The molecule has 1 fully saturated rings. The molecule has 5 nitrogen and oxygen atoms in total. The predicted molar refractivity (Wildman–Crippen MR) is 72.2 cm³/mol. The Labute approximate surface area is 114 Å². The quantitative estimate of drug-likeness (QED) is 0.877. The number of ether oxygens (including phenoxy) is 2. The Hall–Kier alpha value is -0.910. The number of hydrogen-bond donors (Lipinski definition) is 1. The van der Waals surface area contributed by atoms with E-state index in [4.69, 9.17) is 9.47 Å². The summed E-state index contributed by atoms with van der Waals surface area (Å²) in [5.41, 5.74) is 2.33. The lowest BCUT2D eigenvalue weighted by Crippen LogP contribution is -2.51. The third-order valence-corrected chi connectivity index (χ3v) is 4.32. The second kappa shape index (κ2) is 4.89. The number of rotatable bonds is 2. The molecule has 0 amide bonds. The van der Waals surface area contributed by atoms with E-state index in [0.717, 1.165) is 19.4 Å². The molecule has 1 unspecified atom stereocenters. The number of aromatic nitrogens is 2. The summed E-state index contributed by atoms with van der Waals surface area (Å²) in [5.74, 6) is 0. The minimum Gasteiger partial charge on any atom is -0.382 e. The standard InChI is InChI=1S/C14H23N3O2/c1-10-7-16-17-12(8-18-3)9-19-14(13(10)17)4-5-15-11(2)6-14/h7,11-12,15H,4-6,8-9H2,1-3H3/t11-,12?,14-/m1/s1. The summed E-state index contributed by atoms with van der Waals surface area (Å²) in [6, 6.07) is 0.681. The first-order valence-electron chi connectivity index (χ1n) is 7.07. The minimum absolute atomic E-state index is 0.157. The van der Waals surface area contributed by atoms with Gasteiger partial charge in [0.25, 0.3) is 0 Å². The fourth-order valence-electron chi connectivity index (χ4n) is 3.53. The Morgan fingerprint density at radius 3 is 3.21 bits per heavy atom. The molecule has 0 bridgehead atoms. The summed E-state index contributed by atoms with van der Waals surface area (Å²) in [7, 11) is 1.73. The lowest BCUT2D eigenvalue weighted by Gasteiger charge is -2.45. The molecule has 3 rings (SSSR count). The fraction of sp³-hybridized carbons (Fsp3) is 0.786. The lowest BCUT2D eigenvalue weighted by molar-refractivity contribution is -0.125. The van der Waals surface area contributed by atoms with Crippen LogP contribution in [0.4, 0.5) is 0 Å². The van der Waals surface area contributed by atoms with Crippen molar-refractivity contribution >= 4 is 0 Å². The Morgan fingerprint density at radius 1 is 1.63 bits per heavy atom. The molecule has 1 spiro atoms. The SMILES string of the molecule is COCC1CO[C@@]2(CCN[C@H](C)C2)c2c(C)cnn21. The van der Waals surface area contributed by atoms with Crippen LogP contribution in [0.5, 0.6) is 0 Å². The Balaban J connectivity index is 2.00. The number of hydrogen-bond acceptors (Lipinski definition) is 4. The van der Waals surface area contributed by atoms with Crippen molar-refractivity contribution in [2.24, 2.45) is 0 Å². The average Bonchev–Trinajstić information content (AvgIpc) is 2.77. The van der Waals surface area contributed by atoms with Gasteiger partial charge in [-0.3, -0.25) is 4.68 Å². The van der Waals surface area contributed by atoms with Crippen LogP contribution in [0.3, 0.4) is 0 Å². The first-order chi connectivity index (χ1) is 9.16. The Bertz CT molecular complexity index is 460. The highest BCUT2D eigenvalue weighted by Crippen LogP contribution is 2.42. The van der Waals surface area contributed by atoms with Crippen LogP contribution in [0.15, 0.2) is 6.20 Å². The molecule has 106 valence electrons. The Kier molecular flexibility index (Phi) is 3.37. The molecular weight excluding hydrogens is 242 g/mol. The zero-order valence-electron chi connectivity index (χ0n) is 12.0. The molecule has 0 saturated carbocycles. The van der Waals surface area contributed by atoms with Gasteiger partial charge < -0.3 is 14.8 Å². The van der Waals surface area contributed by atoms with Crippen molar-refractivity contribution in [2.45, 2.75) is 44.4 Å². The van der Waals surface area contributed by atoms with E-state index in [0.29, 0.717) is 19.3 Å². The molecule has 0 radical (unpaired) electrons. The smallest absolute Gasteiger partial charge is 0.113 e. The van der Waals surface area contributed by atoms with Gasteiger partial charge in [0.2, 0.25) is 0 Å². The van der Waals surface area contributed by atoms with E-state index >= 15 is 0 Å². The van der Waals surface area contributed by atoms with Gasteiger partial charge in [0, 0.05) is 13.2 Å². The van der Waals surface area contributed by atoms with Crippen molar-refractivity contribution in [3.05, 3.63) is 17.5 Å². The van der Waals surface area contributed by atoms with Crippen molar-refractivity contribution in [3.8, 4) is 0 Å². The van der Waals surface area contributed by atoms with Crippen LogP contribution >= 0.6 is 0 Å². The second-order valence-corrected chi connectivity index (χ2v) is 5.84. The normalized spacial score (nSPS) is 34.5. The van der Waals surface area contributed by atoms with Gasteiger partial charge in [-0.05, 0) is 38.8 Å². The maximum atomic E-state index is 6.33. The molecule has 0 aromatic carbocycles. The van der Waals surface area contributed by atoms with E-state index in [1.54, 1.807) is 7.11 Å². The summed E-state index contributed by atoms with van der Waals surface area (Å²) in [4.78, 5) is 0. The molecule has 3 heterocycles. The summed E-state index contributed by atoms with van der Waals surface area (Å²) in [5, 5.41) is 8.07. The summed E-state index contributed by atoms with van der Waals surface area (Å²) in [6.45, 7) is 6.70. The zero-order valence-corrected chi connectivity index (χ0v) is 12.0. The molecular formula is C14H23N3O2. The number of fused-ring (bicyclic) bond motifs is 2. The van der Waals surface area contributed by atoms with Crippen molar-refractivity contribution in [3.63, 3.8) is 0 Å². The van der Waals surface area contributed by atoms with Gasteiger partial charge in [0.15, 0.2) is 0 Å². The fourth-order valence-corrected chi connectivity index (χ4v) is 3.53. The number of piperidine rings is 1. The highest BCUT2D eigenvalue weighted by Gasteiger charge is 2.45. The van der Waals surface area contributed by atoms with Gasteiger partial charge in [-0.25, -0.2) is 0 Å². The van der Waals surface area contributed by atoms with Crippen LogP contribution in [0.1, 0.15) is 37.1 Å². The topological polar surface area (TPSA) is 48.3 Å². The van der Waals surface area contributed by atoms with Gasteiger partial charge in [0.05, 0.1) is 31.1 Å². The Morgan fingerprint density at radius 2 is 2.47 bits per heavy atom. The predicted octanol–water partition coefficient (Wildman–Crippen LogP) is 1.38. The molecule has 1 aromatic heterocycles. The van der Waals surface area contributed by atoms with E-state index < -0.39 is 0 Å². The molecule has 2 aliphatic heterocycles. The van der Waals surface area contributed by atoms with E-state index in [-0.39, 0.29) is 11.6 Å². The number of nitrogens with zero attached hydrogens (tertiary/aromatic N) is 2. The summed E-state index contributed by atoms with van der Waals surface area (Å²) < 4.78 is 13.8. The molecule has 0 aliphatic carbocycles. The largest absolute Gasteiger partial charge is 0.382 e. The van der Waals surface area contributed by atoms with Crippen LogP contribution in [-0.4, -0.2) is 42.7 Å². The van der Waals surface area contributed by atoms with Crippen molar-refractivity contribution in [1.29, 1.82) is 0 Å². The maximum absolute atomic E-state index is 6.33. The van der Waals surface area contributed by atoms with Gasteiger partial charge in [0.1, 0.15) is 5.60 Å². The molecule has 2 aliphatic rings. The van der Waals surface area contributed by atoms with Crippen molar-refractivity contribution in [1.82, 2.24) is 15.1 Å². The number of nitrogens with one attached hydrogen (secondary N) is 1. The average molecular weight is 265 g/mol. The van der Waals surface area contributed by atoms with Gasteiger partial charge in [-0.15, -0.1) is 0 Å². The highest BCUT2D eigenvalue weighted by molar-refractivity contribution is 5.26. The summed E-state index contributed by atoms with van der Waals surface area (Å²) >= 11 is 0. The third-order valence-electron chi connectivity index (χ3n) is 4.32. The zero-order chi connectivity index (χ0) is 13.5. The van der Waals surface area contributed by atoms with Crippen LogP contribution in [0, 0.1) is 6.92 Å². The lowest BCUT2D eigenvalue weighted by atomic mass is 9.82. The van der Waals surface area contributed by atoms with Crippen LogP contribution < -0.4 is 5.32 Å². The molecule has 1 aromatic rings.